The van der Waals surface area contributed by atoms with E-state index in [1.165, 1.54) is 0 Å². The summed E-state index contributed by atoms with van der Waals surface area (Å²) in [4.78, 5) is 2.06. The zero-order valence-electron chi connectivity index (χ0n) is 11.0. The van der Waals surface area contributed by atoms with Crippen LogP contribution in [0, 0.1) is 0 Å². The Kier molecular flexibility index (Phi) is 6.31. The molecule has 1 N–H and O–H groups in total. The quantitative estimate of drug-likeness (QED) is 0.869. The van der Waals surface area contributed by atoms with E-state index in [1.54, 1.807) is 12.1 Å². The standard InChI is InChI=1S/C13H16BrF3N2.ClH/c1-18-11-4-5-19(8-11)7-9-2-3-10(14)6-12(9)13(15,16)17;/h2-3,6,11,18H,4-5,7-8H2,1H3;1H. The third-order valence-corrected chi connectivity index (χ3v) is 3.95. The maximum Gasteiger partial charge on any atom is 0.416 e. The van der Waals surface area contributed by atoms with Crippen molar-refractivity contribution < 1.29 is 13.2 Å². The number of hydrogen-bond acceptors (Lipinski definition) is 2. The van der Waals surface area contributed by atoms with Crippen molar-refractivity contribution in [2.45, 2.75) is 25.2 Å². The smallest absolute Gasteiger partial charge is 0.316 e. The van der Waals surface area contributed by atoms with Gasteiger partial charge in [0.2, 0.25) is 0 Å². The lowest BCUT2D eigenvalue weighted by Crippen LogP contribution is -2.29. The third kappa shape index (κ3) is 4.35. The summed E-state index contributed by atoms with van der Waals surface area (Å²) in [5, 5.41) is 3.16. The minimum atomic E-state index is -4.30. The highest BCUT2D eigenvalue weighted by molar-refractivity contribution is 9.10. The van der Waals surface area contributed by atoms with Gasteiger partial charge in [0.15, 0.2) is 0 Å². The predicted octanol–water partition coefficient (Wildman–Crippen LogP) is 3.68. The first-order chi connectivity index (χ1) is 8.90. The average molecular weight is 374 g/mol. The van der Waals surface area contributed by atoms with Crippen molar-refractivity contribution in [1.29, 1.82) is 0 Å². The maximum absolute atomic E-state index is 13.0. The van der Waals surface area contributed by atoms with Gasteiger partial charge in [0, 0.05) is 30.1 Å². The molecule has 1 aliphatic rings. The molecule has 1 heterocycles. The van der Waals surface area contributed by atoms with Crippen molar-refractivity contribution in [3.05, 3.63) is 33.8 Å². The van der Waals surface area contributed by atoms with E-state index in [0.29, 0.717) is 22.6 Å². The summed E-state index contributed by atoms with van der Waals surface area (Å²) >= 11 is 3.10. The Morgan fingerprint density at radius 1 is 1.40 bits per heavy atom. The van der Waals surface area contributed by atoms with Gasteiger partial charge < -0.3 is 5.32 Å². The van der Waals surface area contributed by atoms with Crippen LogP contribution in [0.3, 0.4) is 0 Å². The Balaban J connectivity index is 0.00000200. The molecule has 2 rings (SSSR count). The normalized spacial score (nSPS) is 19.9. The third-order valence-electron chi connectivity index (χ3n) is 3.45. The van der Waals surface area contributed by atoms with E-state index in [2.05, 4.69) is 26.1 Å². The Morgan fingerprint density at radius 2 is 2.10 bits per heavy atom. The summed E-state index contributed by atoms with van der Waals surface area (Å²) < 4.78 is 39.4. The number of nitrogens with one attached hydrogen (secondary N) is 1. The number of likely N-dealkylation sites (tertiary alicyclic amines) is 1. The zero-order chi connectivity index (χ0) is 14.0. The molecule has 1 aliphatic heterocycles. The first-order valence-electron chi connectivity index (χ1n) is 6.15. The average Bonchev–Trinajstić information content (AvgIpc) is 2.78. The molecule has 1 aromatic carbocycles. The summed E-state index contributed by atoms with van der Waals surface area (Å²) in [5.41, 5.74) is -0.206. The van der Waals surface area contributed by atoms with E-state index in [-0.39, 0.29) is 12.4 Å². The molecule has 1 fully saturated rings. The first kappa shape index (κ1) is 17.8. The summed E-state index contributed by atoms with van der Waals surface area (Å²) in [5.74, 6) is 0. The van der Waals surface area contributed by atoms with Gasteiger partial charge >= 0.3 is 6.18 Å². The Morgan fingerprint density at radius 3 is 2.65 bits per heavy atom. The molecule has 0 aliphatic carbocycles. The van der Waals surface area contributed by atoms with Crippen LogP contribution in [0.4, 0.5) is 13.2 Å². The summed E-state index contributed by atoms with van der Waals surface area (Å²) in [6.45, 7) is 1.98. The fourth-order valence-electron chi connectivity index (χ4n) is 2.40. The highest BCUT2D eigenvalue weighted by Gasteiger charge is 2.34. The van der Waals surface area contributed by atoms with Gasteiger partial charge in [-0.3, -0.25) is 4.90 Å². The summed E-state index contributed by atoms with van der Waals surface area (Å²) in [6, 6.07) is 4.75. The minimum absolute atomic E-state index is 0. The van der Waals surface area contributed by atoms with E-state index in [9.17, 15) is 13.2 Å². The lowest BCUT2D eigenvalue weighted by atomic mass is 10.1. The van der Waals surface area contributed by atoms with Crippen LogP contribution < -0.4 is 5.32 Å². The highest BCUT2D eigenvalue weighted by Crippen LogP contribution is 2.34. The van der Waals surface area contributed by atoms with Crippen molar-refractivity contribution >= 4 is 28.3 Å². The van der Waals surface area contributed by atoms with Crippen molar-refractivity contribution in [3.8, 4) is 0 Å². The summed E-state index contributed by atoms with van der Waals surface area (Å²) in [6.07, 6.45) is -3.32. The Labute approximate surface area is 131 Å². The molecular weight excluding hydrogens is 357 g/mol. The molecule has 0 amide bonds. The predicted molar refractivity (Wildman–Crippen MR) is 79.1 cm³/mol. The van der Waals surface area contributed by atoms with E-state index in [4.69, 9.17) is 0 Å². The molecule has 1 atom stereocenters. The molecule has 1 unspecified atom stereocenters. The van der Waals surface area contributed by atoms with E-state index in [0.717, 1.165) is 25.6 Å². The van der Waals surface area contributed by atoms with Gasteiger partial charge in [-0.1, -0.05) is 22.0 Å². The maximum atomic E-state index is 13.0. The molecule has 1 saturated heterocycles. The van der Waals surface area contributed by atoms with E-state index >= 15 is 0 Å². The second-order valence-corrected chi connectivity index (χ2v) is 5.72. The monoisotopic (exact) mass is 372 g/mol. The van der Waals surface area contributed by atoms with Crippen LogP contribution in [-0.2, 0) is 12.7 Å². The molecule has 0 bridgehead atoms. The fraction of sp³-hybridized carbons (Fsp3) is 0.538. The number of nitrogens with zero attached hydrogens (tertiary/aromatic N) is 1. The van der Waals surface area contributed by atoms with Gasteiger partial charge in [-0.15, -0.1) is 12.4 Å². The number of benzene rings is 1. The van der Waals surface area contributed by atoms with Crippen LogP contribution in [0.25, 0.3) is 0 Å². The lowest BCUT2D eigenvalue weighted by Gasteiger charge is -2.19. The minimum Gasteiger partial charge on any atom is -0.316 e. The molecule has 2 nitrogen and oxygen atoms in total. The second kappa shape index (κ2) is 7.11. The van der Waals surface area contributed by atoms with Gasteiger partial charge in [-0.2, -0.15) is 13.2 Å². The second-order valence-electron chi connectivity index (χ2n) is 4.81. The highest BCUT2D eigenvalue weighted by atomic mass is 79.9. The topological polar surface area (TPSA) is 15.3 Å². The first-order valence-corrected chi connectivity index (χ1v) is 6.94. The van der Waals surface area contributed by atoms with Crippen LogP contribution in [0.1, 0.15) is 17.5 Å². The van der Waals surface area contributed by atoms with Crippen LogP contribution in [-0.4, -0.2) is 31.1 Å². The zero-order valence-corrected chi connectivity index (χ0v) is 13.4. The fourth-order valence-corrected chi connectivity index (χ4v) is 2.76. The van der Waals surface area contributed by atoms with Gasteiger partial charge in [0.25, 0.3) is 0 Å². The van der Waals surface area contributed by atoms with Crippen LogP contribution >= 0.6 is 28.3 Å². The molecule has 0 saturated carbocycles. The van der Waals surface area contributed by atoms with Crippen LogP contribution in [0.5, 0.6) is 0 Å². The van der Waals surface area contributed by atoms with Crippen molar-refractivity contribution in [2.24, 2.45) is 0 Å². The van der Waals surface area contributed by atoms with Crippen molar-refractivity contribution in [1.82, 2.24) is 10.2 Å². The summed E-state index contributed by atoms with van der Waals surface area (Å²) in [7, 11) is 1.88. The molecular formula is C13H17BrClF3N2. The van der Waals surface area contributed by atoms with E-state index < -0.39 is 11.7 Å². The molecule has 114 valence electrons. The number of hydrogen-bond donors (Lipinski definition) is 1. The molecule has 0 radical (unpaired) electrons. The molecule has 1 aromatic rings. The van der Waals surface area contributed by atoms with Crippen molar-refractivity contribution in [2.75, 3.05) is 20.1 Å². The van der Waals surface area contributed by atoms with E-state index in [1.807, 2.05) is 7.05 Å². The largest absolute Gasteiger partial charge is 0.416 e. The molecule has 0 aromatic heterocycles. The van der Waals surface area contributed by atoms with Gasteiger partial charge in [-0.25, -0.2) is 0 Å². The molecule has 20 heavy (non-hydrogen) atoms. The van der Waals surface area contributed by atoms with Crippen LogP contribution in [0.2, 0.25) is 0 Å². The van der Waals surface area contributed by atoms with Crippen molar-refractivity contribution in [3.63, 3.8) is 0 Å². The molecule has 7 heteroatoms. The number of likely N-dealkylation sites (N-methyl/N-ethyl adjacent to an activating group) is 1. The Hall–Kier alpha value is -0.300. The number of alkyl halides is 3. The number of halogens is 5. The van der Waals surface area contributed by atoms with Crippen LogP contribution in [0.15, 0.2) is 22.7 Å². The van der Waals surface area contributed by atoms with Gasteiger partial charge in [-0.05, 0) is 31.2 Å². The molecule has 0 spiro atoms. The van der Waals surface area contributed by atoms with Gasteiger partial charge in [0.1, 0.15) is 0 Å². The Bertz CT molecular complexity index is 454. The lowest BCUT2D eigenvalue weighted by molar-refractivity contribution is -0.138. The SMILES string of the molecule is CNC1CCN(Cc2ccc(Br)cc2C(F)(F)F)C1.Cl. The number of rotatable bonds is 3. The van der Waals surface area contributed by atoms with Gasteiger partial charge in [0.05, 0.1) is 5.56 Å².